The van der Waals surface area contributed by atoms with Crippen molar-refractivity contribution in [3.63, 3.8) is 0 Å². The van der Waals surface area contributed by atoms with Crippen molar-refractivity contribution in [3.8, 4) is 0 Å². The van der Waals surface area contributed by atoms with Crippen LogP contribution in [0.15, 0.2) is 0 Å². The molecule has 2 unspecified atom stereocenters. The summed E-state index contributed by atoms with van der Waals surface area (Å²) in [5.41, 5.74) is 0. The highest BCUT2D eigenvalue weighted by Gasteiger charge is 2.20. The molecule has 378 valence electrons. The summed E-state index contributed by atoms with van der Waals surface area (Å²) in [6.45, 7) is 22.7. The Hall–Kier alpha value is -2.60. The smallest absolute Gasteiger partial charge is 0.465 e. The fourth-order valence-electron chi connectivity index (χ4n) is 8.05. The van der Waals surface area contributed by atoms with Crippen LogP contribution in [0.3, 0.4) is 0 Å². The third kappa shape index (κ3) is 36.6. The van der Waals surface area contributed by atoms with Gasteiger partial charge in [-0.25, -0.2) is 9.59 Å². The predicted octanol–water partition coefficient (Wildman–Crippen LogP) is 13.3. The van der Waals surface area contributed by atoms with Crippen LogP contribution in [0, 0.1) is 11.8 Å². The summed E-state index contributed by atoms with van der Waals surface area (Å²) < 4.78 is 33.9. The average Bonchev–Trinajstić information content (AvgIpc) is 3.27. The first-order valence-corrected chi connectivity index (χ1v) is 26.5. The Labute approximate surface area is 392 Å². The topological polar surface area (TPSA) is 130 Å². The van der Waals surface area contributed by atoms with Crippen LogP contribution in [0.2, 0.25) is 0 Å². The van der Waals surface area contributed by atoms with Gasteiger partial charge < -0.3 is 33.3 Å². The summed E-state index contributed by atoms with van der Waals surface area (Å²) in [6.07, 6.45) is 22.6. The first-order valence-electron chi connectivity index (χ1n) is 26.5. The molecule has 0 aliphatic carbocycles. The van der Waals surface area contributed by atoms with Gasteiger partial charge in [-0.15, -0.1) is 0 Å². The summed E-state index contributed by atoms with van der Waals surface area (Å²) >= 11 is 0. The van der Waals surface area contributed by atoms with Crippen LogP contribution in [0.25, 0.3) is 0 Å². The molecule has 0 saturated heterocycles. The highest BCUT2D eigenvalue weighted by molar-refractivity contribution is 5.69. The molecule has 2 atom stereocenters. The van der Waals surface area contributed by atoms with E-state index in [4.69, 9.17) is 28.4 Å². The summed E-state index contributed by atoms with van der Waals surface area (Å²) in [5.74, 6) is 0.496. The van der Waals surface area contributed by atoms with E-state index in [0.717, 1.165) is 58.2 Å². The van der Waals surface area contributed by atoms with Gasteiger partial charge in [-0.3, -0.25) is 14.5 Å². The molecule has 0 spiro atoms. The van der Waals surface area contributed by atoms with E-state index in [0.29, 0.717) is 96.1 Å². The van der Waals surface area contributed by atoms with E-state index in [9.17, 15) is 19.2 Å². The summed E-state index contributed by atoms with van der Waals surface area (Å²) in [6, 6.07) is 0. The maximum Gasteiger partial charge on any atom is 0.508 e. The van der Waals surface area contributed by atoms with E-state index in [2.05, 4.69) is 51.3 Å². The van der Waals surface area contributed by atoms with E-state index in [1.807, 2.05) is 13.8 Å². The molecule has 0 fully saturated rings. The van der Waals surface area contributed by atoms with Crippen LogP contribution in [0.1, 0.15) is 222 Å². The molecule has 0 heterocycles. The number of esters is 2. The van der Waals surface area contributed by atoms with Crippen molar-refractivity contribution in [1.29, 1.82) is 0 Å². The SMILES string of the molecule is CCCCCC(CCCCC)COC(=O)CCCC(CCC)OC(=O)OCCN(CCOC(=O)OC(CCC)CCCC(=O)OCC(CCCCC)CCCCC)CCN(CC)CC. The van der Waals surface area contributed by atoms with Gasteiger partial charge in [-0.05, 0) is 89.1 Å². The standard InChI is InChI=1S/C52H100N2O10/c1-9-17-21-29-45(30-22-18-10-2)43-61-49(55)35-25-33-47(27-13-5)63-51(57)59-41-39-54(38-37-53(15-7)16-8)40-42-60-52(58)64-48(28-14-6)34-26-36-50(56)62-44-46(31-23-19-11-3)32-24-20-12-4/h45-48H,9-44H2,1-8H3. The van der Waals surface area contributed by atoms with Crippen molar-refractivity contribution in [2.75, 3.05) is 65.7 Å². The van der Waals surface area contributed by atoms with Crippen molar-refractivity contribution in [3.05, 3.63) is 0 Å². The van der Waals surface area contributed by atoms with E-state index in [1.54, 1.807) is 0 Å². The van der Waals surface area contributed by atoms with Gasteiger partial charge in [0.2, 0.25) is 0 Å². The van der Waals surface area contributed by atoms with Gasteiger partial charge in [-0.2, -0.15) is 0 Å². The minimum atomic E-state index is -0.712. The number of ether oxygens (including phenoxy) is 6. The van der Waals surface area contributed by atoms with Gasteiger partial charge in [0, 0.05) is 39.0 Å². The number of carbonyl (C=O) groups is 4. The zero-order valence-corrected chi connectivity index (χ0v) is 42.7. The van der Waals surface area contributed by atoms with E-state index in [-0.39, 0.29) is 37.4 Å². The lowest BCUT2D eigenvalue weighted by atomic mass is 9.96. The molecule has 0 aliphatic rings. The Bertz CT molecular complexity index is 1010. The third-order valence-corrected chi connectivity index (χ3v) is 12.3. The Kier molecular flexibility index (Phi) is 42.5. The van der Waals surface area contributed by atoms with Crippen LogP contribution in [-0.4, -0.2) is 112 Å². The lowest BCUT2D eigenvalue weighted by molar-refractivity contribution is -0.146. The van der Waals surface area contributed by atoms with Gasteiger partial charge >= 0.3 is 24.2 Å². The van der Waals surface area contributed by atoms with Crippen LogP contribution in [-0.2, 0) is 38.0 Å². The molecule has 12 nitrogen and oxygen atoms in total. The van der Waals surface area contributed by atoms with Crippen molar-refractivity contribution in [1.82, 2.24) is 9.80 Å². The number of hydrogen-bond acceptors (Lipinski definition) is 12. The molecule has 0 aliphatic heterocycles. The lowest BCUT2D eigenvalue weighted by Gasteiger charge is -2.26. The molecular weight excluding hydrogens is 813 g/mol. The number of likely N-dealkylation sites (N-methyl/N-ethyl adjacent to an activating group) is 1. The fraction of sp³-hybridized carbons (Fsp3) is 0.923. The van der Waals surface area contributed by atoms with Crippen LogP contribution >= 0.6 is 0 Å². The third-order valence-electron chi connectivity index (χ3n) is 12.3. The van der Waals surface area contributed by atoms with E-state index < -0.39 is 12.3 Å². The fourth-order valence-corrected chi connectivity index (χ4v) is 8.05. The van der Waals surface area contributed by atoms with Gasteiger partial charge in [-0.1, -0.05) is 145 Å². The van der Waals surface area contributed by atoms with Crippen molar-refractivity contribution < 1.29 is 47.6 Å². The van der Waals surface area contributed by atoms with Crippen molar-refractivity contribution in [2.45, 2.75) is 235 Å². The monoisotopic (exact) mass is 913 g/mol. The van der Waals surface area contributed by atoms with Crippen LogP contribution < -0.4 is 0 Å². The lowest BCUT2D eigenvalue weighted by Crippen LogP contribution is -2.39. The minimum Gasteiger partial charge on any atom is -0.465 e. The van der Waals surface area contributed by atoms with Crippen molar-refractivity contribution in [2.24, 2.45) is 11.8 Å². The summed E-state index contributed by atoms with van der Waals surface area (Å²) in [7, 11) is 0. The quantitative estimate of drug-likeness (QED) is 0.0327. The highest BCUT2D eigenvalue weighted by Crippen LogP contribution is 2.21. The molecule has 0 amide bonds. The number of nitrogens with zero attached hydrogens (tertiary/aromatic N) is 2. The predicted molar refractivity (Wildman–Crippen MR) is 260 cm³/mol. The van der Waals surface area contributed by atoms with Gasteiger partial charge in [0.15, 0.2) is 0 Å². The zero-order valence-electron chi connectivity index (χ0n) is 42.7. The van der Waals surface area contributed by atoms with Crippen LogP contribution in [0.4, 0.5) is 9.59 Å². The second-order valence-corrected chi connectivity index (χ2v) is 18.0. The molecular formula is C52H100N2O10. The molecule has 0 N–H and O–H groups in total. The highest BCUT2D eigenvalue weighted by atomic mass is 16.7. The van der Waals surface area contributed by atoms with Crippen LogP contribution in [0.5, 0.6) is 0 Å². The number of hydrogen-bond donors (Lipinski definition) is 0. The normalized spacial score (nSPS) is 12.5. The molecule has 64 heavy (non-hydrogen) atoms. The number of carbonyl (C=O) groups excluding carboxylic acids is 4. The first-order chi connectivity index (χ1) is 31.1. The molecule has 0 aromatic carbocycles. The Morgan fingerprint density at radius 3 is 1.06 bits per heavy atom. The number of unbranched alkanes of at least 4 members (excludes halogenated alkanes) is 8. The second-order valence-electron chi connectivity index (χ2n) is 18.0. The molecule has 0 rings (SSSR count). The summed E-state index contributed by atoms with van der Waals surface area (Å²) in [5, 5.41) is 0. The maximum atomic E-state index is 12.8. The van der Waals surface area contributed by atoms with E-state index in [1.165, 1.54) is 77.0 Å². The first kappa shape index (κ1) is 61.4. The molecule has 0 saturated carbocycles. The number of rotatable bonds is 45. The zero-order chi connectivity index (χ0) is 47.5. The molecule has 12 heteroatoms. The molecule has 0 radical (unpaired) electrons. The Morgan fingerprint density at radius 2 is 0.734 bits per heavy atom. The Balaban J connectivity index is 4.90. The molecule has 0 bridgehead atoms. The maximum absolute atomic E-state index is 12.8. The molecule has 0 aromatic heterocycles. The molecule has 0 aromatic rings. The van der Waals surface area contributed by atoms with Gasteiger partial charge in [0.05, 0.1) is 13.2 Å². The average molecular weight is 913 g/mol. The van der Waals surface area contributed by atoms with Gasteiger partial charge in [0.25, 0.3) is 0 Å². The van der Waals surface area contributed by atoms with E-state index >= 15 is 0 Å². The Morgan fingerprint density at radius 1 is 0.375 bits per heavy atom. The minimum absolute atomic E-state index is 0.129. The largest absolute Gasteiger partial charge is 0.508 e. The van der Waals surface area contributed by atoms with Gasteiger partial charge in [0.1, 0.15) is 25.4 Å². The van der Waals surface area contributed by atoms with Crippen molar-refractivity contribution >= 4 is 24.2 Å². The summed E-state index contributed by atoms with van der Waals surface area (Å²) in [4.78, 5) is 55.3. The second kappa shape index (κ2) is 44.2.